The number of benzene rings is 2. The van der Waals surface area contributed by atoms with E-state index in [-0.39, 0.29) is 6.10 Å². The third-order valence-corrected chi connectivity index (χ3v) is 4.96. The summed E-state index contributed by atoms with van der Waals surface area (Å²) in [5, 5.41) is 0. The zero-order valence-corrected chi connectivity index (χ0v) is 15.9. The van der Waals surface area contributed by atoms with E-state index in [2.05, 4.69) is 51.3 Å². The molecule has 1 fully saturated rings. The average molecular weight is 376 g/mol. The van der Waals surface area contributed by atoms with Crippen molar-refractivity contribution in [3.8, 4) is 17.0 Å². The predicted octanol–water partition coefficient (Wildman–Crippen LogP) is 3.31. The Morgan fingerprint density at radius 3 is 2.79 bits per heavy atom. The van der Waals surface area contributed by atoms with Gasteiger partial charge in [0.25, 0.3) is 0 Å². The van der Waals surface area contributed by atoms with Gasteiger partial charge in [0.05, 0.1) is 25.5 Å². The highest BCUT2D eigenvalue weighted by Crippen LogP contribution is 2.31. The van der Waals surface area contributed by atoms with Crippen molar-refractivity contribution in [1.29, 1.82) is 0 Å². The van der Waals surface area contributed by atoms with Crippen LogP contribution in [0.25, 0.3) is 11.3 Å². The molecule has 6 heteroatoms. The fraction of sp³-hybridized carbons (Fsp3) is 0.273. The van der Waals surface area contributed by atoms with Gasteiger partial charge in [-0.3, -0.25) is 4.90 Å². The number of nitrogens with two attached hydrogens (primary N) is 1. The monoisotopic (exact) mass is 376 g/mol. The maximum Gasteiger partial charge on any atom is 0.128 e. The highest BCUT2D eigenvalue weighted by molar-refractivity contribution is 5.69. The molecule has 2 aromatic carbocycles. The maximum absolute atomic E-state index is 5.98. The Kier molecular flexibility index (Phi) is 5.50. The zero-order valence-electron chi connectivity index (χ0n) is 15.9. The molecule has 28 heavy (non-hydrogen) atoms. The van der Waals surface area contributed by atoms with Gasteiger partial charge in [0, 0.05) is 31.3 Å². The molecule has 144 valence electrons. The van der Waals surface area contributed by atoms with E-state index >= 15 is 0 Å². The normalized spacial score (nSPS) is 17.4. The van der Waals surface area contributed by atoms with Crippen LogP contribution in [0.1, 0.15) is 17.2 Å². The van der Waals surface area contributed by atoms with Crippen molar-refractivity contribution >= 4 is 5.82 Å². The second-order valence-electron chi connectivity index (χ2n) is 6.87. The van der Waals surface area contributed by atoms with Crippen LogP contribution in [0, 0.1) is 0 Å². The molecule has 2 heterocycles. The lowest BCUT2D eigenvalue weighted by Crippen LogP contribution is -2.37. The first-order valence-electron chi connectivity index (χ1n) is 9.36. The second kappa shape index (κ2) is 8.37. The second-order valence-corrected chi connectivity index (χ2v) is 6.87. The number of ether oxygens (including phenoxy) is 2. The summed E-state index contributed by atoms with van der Waals surface area (Å²) in [5.41, 5.74) is 9.93. The molecule has 0 bridgehead atoms. The molecule has 1 unspecified atom stereocenters. The van der Waals surface area contributed by atoms with E-state index < -0.39 is 0 Å². The average Bonchev–Trinajstić information content (AvgIpc) is 2.74. The van der Waals surface area contributed by atoms with Gasteiger partial charge in [0.15, 0.2) is 0 Å². The number of methoxy groups -OCH3 is 1. The van der Waals surface area contributed by atoms with Gasteiger partial charge in [-0.05, 0) is 23.3 Å². The van der Waals surface area contributed by atoms with E-state index in [1.54, 1.807) is 13.2 Å². The molecule has 0 radical (unpaired) electrons. The predicted molar refractivity (Wildman–Crippen MR) is 109 cm³/mol. The summed E-state index contributed by atoms with van der Waals surface area (Å²) in [6.07, 6.45) is 1.58. The Morgan fingerprint density at radius 1 is 1.14 bits per heavy atom. The number of aromatic nitrogens is 2. The first-order valence-corrected chi connectivity index (χ1v) is 9.36. The Balaban J connectivity index is 1.54. The molecule has 1 aliphatic rings. The molecule has 1 aromatic heterocycles. The molecule has 0 saturated carbocycles. The Bertz CT molecular complexity index is 933. The molecule has 1 aliphatic heterocycles. The molecule has 3 aromatic rings. The van der Waals surface area contributed by atoms with Crippen molar-refractivity contribution in [2.45, 2.75) is 12.6 Å². The minimum absolute atomic E-state index is 0.106. The van der Waals surface area contributed by atoms with Crippen molar-refractivity contribution < 1.29 is 9.47 Å². The van der Waals surface area contributed by atoms with E-state index in [0.717, 1.165) is 43.2 Å². The summed E-state index contributed by atoms with van der Waals surface area (Å²) in [6.45, 7) is 3.34. The highest BCUT2D eigenvalue weighted by Gasteiger charge is 2.22. The molecule has 2 N–H and O–H groups in total. The Hall–Kier alpha value is -2.96. The number of hydrogen-bond acceptors (Lipinski definition) is 6. The molecular weight excluding hydrogens is 352 g/mol. The van der Waals surface area contributed by atoms with E-state index in [4.69, 9.17) is 15.2 Å². The van der Waals surface area contributed by atoms with Gasteiger partial charge in [-0.15, -0.1) is 0 Å². The van der Waals surface area contributed by atoms with Crippen molar-refractivity contribution in [2.75, 3.05) is 32.5 Å². The topological polar surface area (TPSA) is 73.5 Å². The van der Waals surface area contributed by atoms with Gasteiger partial charge in [-0.2, -0.15) is 0 Å². The van der Waals surface area contributed by atoms with Crippen LogP contribution in [0.5, 0.6) is 5.75 Å². The standard InChI is InChI=1S/C22H24N4O2/c1-27-20-8-7-16(11-18(20)19-12-22(23)25-15-24-19)13-26-9-10-28-21(14-26)17-5-3-2-4-6-17/h2-8,11-12,15,21H,9-10,13-14H2,1H3,(H2,23,24,25). The Labute approximate surface area is 164 Å². The third-order valence-electron chi connectivity index (χ3n) is 4.96. The first-order chi connectivity index (χ1) is 13.7. The van der Waals surface area contributed by atoms with Gasteiger partial charge in [-0.25, -0.2) is 9.97 Å². The van der Waals surface area contributed by atoms with Crippen LogP contribution in [0.3, 0.4) is 0 Å². The largest absolute Gasteiger partial charge is 0.496 e. The van der Waals surface area contributed by atoms with E-state index in [1.165, 1.54) is 17.5 Å². The van der Waals surface area contributed by atoms with Crippen molar-refractivity contribution in [2.24, 2.45) is 0 Å². The minimum Gasteiger partial charge on any atom is -0.496 e. The fourth-order valence-electron chi connectivity index (χ4n) is 3.55. The lowest BCUT2D eigenvalue weighted by molar-refractivity contribution is -0.0329. The van der Waals surface area contributed by atoms with Crippen molar-refractivity contribution in [3.63, 3.8) is 0 Å². The lowest BCUT2D eigenvalue weighted by atomic mass is 10.0. The van der Waals surface area contributed by atoms with Crippen LogP contribution in [0.4, 0.5) is 5.82 Å². The Morgan fingerprint density at radius 2 is 2.00 bits per heavy atom. The molecule has 6 nitrogen and oxygen atoms in total. The van der Waals surface area contributed by atoms with Crippen molar-refractivity contribution in [1.82, 2.24) is 14.9 Å². The molecule has 4 rings (SSSR count). The molecule has 0 aliphatic carbocycles. The number of rotatable bonds is 5. The van der Waals surface area contributed by atoms with Crippen molar-refractivity contribution in [3.05, 3.63) is 72.1 Å². The smallest absolute Gasteiger partial charge is 0.128 e. The summed E-state index contributed by atoms with van der Waals surface area (Å²) in [6, 6.07) is 18.4. The summed E-state index contributed by atoms with van der Waals surface area (Å²) in [5.74, 6) is 1.21. The van der Waals surface area contributed by atoms with Gasteiger partial charge in [0.1, 0.15) is 17.9 Å². The molecular formula is C22H24N4O2. The number of morpholine rings is 1. The minimum atomic E-state index is 0.106. The molecule has 1 atom stereocenters. The molecule has 1 saturated heterocycles. The van der Waals surface area contributed by atoms with Crippen LogP contribution in [-0.4, -0.2) is 41.7 Å². The van der Waals surface area contributed by atoms with Crippen LogP contribution in [0.2, 0.25) is 0 Å². The van der Waals surface area contributed by atoms with E-state index in [9.17, 15) is 0 Å². The fourth-order valence-corrected chi connectivity index (χ4v) is 3.55. The lowest BCUT2D eigenvalue weighted by Gasteiger charge is -2.33. The number of nitrogens with zero attached hydrogens (tertiary/aromatic N) is 3. The quantitative estimate of drug-likeness (QED) is 0.736. The van der Waals surface area contributed by atoms with E-state index in [1.807, 2.05) is 12.1 Å². The number of nitrogen functional groups attached to an aromatic ring is 1. The zero-order chi connectivity index (χ0) is 19.3. The van der Waals surface area contributed by atoms with Crippen LogP contribution in [0.15, 0.2) is 60.9 Å². The summed E-state index contributed by atoms with van der Waals surface area (Å²) in [7, 11) is 1.66. The summed E-state index contributed by atoms with van der Waals surface area (Å²) in [4.78, 5) is 10.7. The van der Waals surface area contributed by atoms with Crippen LogP contribution in [-0.2, 0) is 11.3 Å². The van der Waals surface area contributed by atoms with Crippen LogP contribution < -0.4 is 10.5 Å². The van der Waals surface area contributed by atoms with Gasteiger partial charge in [0.2, 0.25) is 0 Å². The number of hydrogen-bond donors (Lipinski definition) is 1. The van der Waals surface area contributed by atoms with E-state index in [0.29, 0.717) is 5.82 Å². The highest BCUT2D eigenvalue weighted by atomic mass is 16.5. The van der Waals surface area contributed by atoms with Crippen LogP contribution >= 0.6 is 0 Å². The third kappa shape index (κ3) is 4.13. The summed E-state index contributed by atoms with van der Waals surface area (Å²) < 4.78 is 11.5. The van der Waals surface area contributed by atoms with Gasteiger partial charge < -0.3 is 15.2 Å². The van der Waals surface area contributed by atoms with Gasteiger partial charge >= 0.3 is 0 Å². The molecule has 0 amide bonds. The number of anilines is 1. The van der Waals surface area contributed by atoms with Gasteiger partial charge in [-0.1, -0.05) is 36.4 Å². The maximum atomic E-state index is 5.98. The summed E-state index contributed by atoms with van der Waals surface area (Å²) >= 11 is 0. The SMILES string of the molecule is COc1ccc(CN2CCOC(c3ccccc3)C2)cc1-c1cc(N)ncn1. The first kappa shape index (κ1) is 18.4. The molecule has 0 spiro atoms.